The minimum absolute atomic E-state index is 0. The van der Waals surface area contributed by atoms with Crippen molar-refractivity contribution in [3.8, 4) is 0 Å². The van der Waals surface area contributed by atoms with E-state index >= 15 is 0 Å². The third kappa shape index (κ3) is 461. The fourth-order valence-corrected chi connectivity index (χ4v) is 0. The quantitative estimate of drug-likeness (QED) is 0.248. The second-order valence-corrected chi connectivity index (χ2v) is 2.19. The largest absolute Gasteiger partial charge is 2.00 e. The van der Waals surface area contributed by atoms with Crippen molar-refractivity contribution in [3.05, 3.63) is 0 Å². The second kappa shape index (κ2) is 15.2. The van der Waals surface area contributed by atoms with Gasteiger partial charge in [0.15, 0.2) is 0 Å². The summed E-state index contributed by atoms with van der Waals surface area (Å²) in [6.07, 6.45) is 0. The van der Waals surface area contributed by atoms with E-state index in [9.17, 15) is 0 Å². The van der Waals surface area contributed by atoms with E-state index in [1.165, 1.54) is 0 Å². The molecule has 0 aliphatic rings. The van der Waals surface area contributed by atoms with Crippen LogP contribution in [0.3, 0.4) is 0 Å². The van der Waals surface area contributed by atoms with Gasteiger partial charge in [-0.05, 0) is 0 Å². The minimum atomic E-state index is -4.67. The molecule has 6 N–H and O–H groups in total. The molecule has 0 rings (SSSR count). The average Bonchev–Trinajstić information content (AvgIpc) is 1.19. The van der Waals surface area contributed by atoms with Crippen molar-refractivity contribution in [2.45, 2.75) is 0 Å². The Morgan fingerprint density at radius 3 is 1.17 bits per heavy atom. The van der Waals surface area contributed by atoms with Gasteiger partial charge in [-0.2, -0.15) is 8.42 Å². The molecule has 0 amide bonds. The Morgan fingerprint density at radius 1 is 1.17 bits per heavy atom. The molecular formula is H9CaNaO8SSi. The van der Waals surface area contributed by atoms with E-state index in [2.05, 4.69) is 0 Å². The van der Waals surface area contributed by atoms with Gasteiger partial charge in [-0.1, -0.05) is 0 Å². The van der Waals surface area contributed by atoms with Crippen LogP contribution in [0.1, 0.15) is 4.28 Å². The smallest absolute Gasteiger partial charge is 1.00 e. The Hall–Kier alpha value is 1.71. The van der Waals surface area contributed by atoms with Gasteiger partial charge in [-0.25, -0.2) is 0 Å². The summed E-state index contributed by atoms with van der Waals surface area (Å²) in [6, 6.07) is 0. The third-order valence-corrected chi connectivity index (χ3v) is 0. The van der Waals surface area contributed by atoms with Gasteiger partial charge in [-0.15, -0.1) is 0 Å². The fraction of sp³-hybridized carbons (Fsp3) is 0. The van der Waals surface area contributed by atoms with Crippen LogP contribution in [0, 0.1) is 0 Å². The maximum absolute atomic E-state index is 8.74. The summed E-state index contributed by atoms with van der Waals surface area (Å²) >= 11 is 0. The molecule has 0 aliphatic carbocycles. The normalized spacial score (nSPS) is 6.83. The van der Waals surface area contributed by atoms with Gasteiger partial charge in [0.2, 0.25) is 0 Å². The molecule has 0 spiro atoms. The molecule has 0 heterocycles. The zero-order valence-electron chi connectivity index (χ0n) is 9.13. The van der Waals surface area contributed by atoms with Crippen LogP contribution in [-0.4, -0.2) is 79.5 Å². The van der Waals surface area contributed by atoms with E-state index < -0.39 is 19.6 Å². The van der Waals surface area contributed by atoms with E-state index in [1.54, 1.807) is 0 Å². The summed E-state index contributed by atoms with van der Waals surface area (Å²) in [5.74, 6) is 0. The molecule has 70 valence electrons. The monoisotopic (exact) mass is 260 g/mol. The van der Waals surface area contributed by atoms with Crippen LogP contribution >= 0.6 is 0 Å². The van der Waals surface area contributed by atoms with Gasteiger partial charge in [-0.3, -0.25) is 13.6 Å². The molecule has 0 atom stereocenters. The summed E-state index contributed by atoms with van der Waals surface area (Å²) in [5, 5.41) is 0. The zero-order valence-corrected chi connectivity index (χ0v) is 12.2. The topological polar surface area (TPSA) is 164 Å². The molecule has 0 saturated heterocycles. The van der Waals surface area contributed by atoms with Gasteiger partial charge in [0.1, 0.15) is 0 Å². The summed E-state index contributed by atoms with van der Waals surface area (Å²) < 4.78 is 40.3. The molecule has 0 aromatic carbocycles. The molecule has 0 saturated carbocycles. The van der Waals surface area contributed by atoms with Crippen molar-refractivity contribution >= 4 is 57.3 Å². The van der Waals surface area contributed by atoms with Gasteiger partial charge in [0, 0.05) is 0 Å². The van der Waals surface area contributed by atoms with E-state index in [0.717, 1.165) is 0 Å². The molecule has 0 aliphatic heterocycles. The Bertz CT molecular complexity index is 172. The molecule has 8 nitrogen and oxygen atoms in total. The standard InChI is InChI=1S/Ca.Na.H2O4S.H2O3Si.H2O.3H/c;;1-5(2,3)4;1-4(2)3;;;;/h;;(H2,1,2,3,4);1-2H;1H2;;;/q+2;+1;;;;3*-1. The molecule has 0 fully saturated rings. The average molecular weight is 260 g/mol. The van der Waals surface area contributed by atoms with Crippen molar-refractivity contribution < 1.29 is 70.9 Å². The van der Waals surface area contributed by atoms with Crippen LogP contribution < -0.4 is 29.6 Å². The predicted octanol–water partition coefficient (Wildman–Crippen LogP) is -6.13. The third-order valence-electron chi connectivity index (χ3n) is 0. The Morgan fingerprint density at radius 2 is 1.17 bits per heavy atom. The minimum Gasteiger partial charge on any atom is -1.00 e. The SMILES string of the molecule is O.O=S(=O)(O)O.O=[Si](O)O.[Ca+2].[H-].[H-].[H-].[Na+]. The summed E-state index contributed by atoms with van der Waals surface area (Å²) in [5.41, 5.74) is 0. The van der Waals surface area contributed by atoms with Crippen molar-refractivity contribution in [2.75, 3.05) is 0 Å². The molecular weight excluding hydrogens is 251 g/mol. The molecule has 0 aromatic rings. The van der Waals surface area contributed by atoms with Gasteiger partial charge in [0.05, 0.1) is 0 Å². The molecule has 0 aromatic heterocycles. The van der Waals surface area contributed by atoms with Crippen molar-refractivity contribution in [1.29, 1.82) is 0 Å². The van der Waals surface area contributed by atoms with Gasteiger partial charge < -0.3 is 19.3 Å². The first-order valence-electron chi connectivity index (χ1n) is 1.35. The number of hydrogen-bond acceptors (Lipinski definition) is 3. The Labute approximate surface area is 127 Å². The van der Waals surface area contributed by atoms with Crippen molar-refractivity contribution in [1.82, 2.24) is 0 Å². The first kappa shape index (κ1) is 29.2. The first-order chi connectivity index (χ1) is 3.73. The van der Waals surface area contributed by atoms with Crippen LogP contribution in [0.15, 0.2) is 0 Å². The maximum Gasteiger partial charge on any atom is 2.00 e. The summed E-state index contributed by atoms with van der Waals surface area (Å²) in [4.78, 5) is 14.3. The van der Waals surface area contributed by atoms with Crippen molar-refractivity contribution in [2.24, 2.45) is 0 Å². The molecule has 0 unspecified atom stereocenters. The predicted molar refractivity (Wildman–Crippen MR) is 37.8 cm³/mol. The summed E-state index contributed by atoms with van der Waals surface area (Å²) in [6.45, 7) is 0. The van der Waals surface area contributed by atoms with Crippen molar-refractivity contribution in [3.63, 3.8) is 0 Å². The van der Waals surface area contributed by atoms with Crippen LogP contribution in [0.25, 0.3) is 0 Å². The second-order valence-electron chi connectivity index (χ2n) is 0.730. The Balaban J connectivity index is -0.00000000785. The Kier molecular flexibility index (Phi) is 37.0. The van der Waals surface area contributed by atoms with Crippen LogP contribution in [0.4, 0.5) is 0 Å². The van der Waals surface area contributed by atoms with E-state index in [-0.39, 0.29) is 77.1 Å². The number of hydrogen-bond donors (Lipinski definition) is 4. The number of rotatable bonds is 0. The fourth-order valence-electron chi connectivity index (χ4n) is 0. The van der Waals surface area contributed by atoms with Gasteiger partial charge >= 0.3 is 86.9 Å². The summed E-state index contributed by atoms with van der Waals surface area (Å²) in [7, 11) is -7.80. The molecule has 0 radical (unpaired) electrons. The van der Waals surface area contributed by atoms with E-state index in [1.807, 2.05) is 0 Å². The maximum atomic E-state index is 8.74. The van der Waals surface area contributed by atoms with Crippen LogP contribution in [0.5, 0.6) is 0 Å². The molecule has 0 bridgehead atoms. The van der Waals surface area contributed by atoms with E-state index in [4.69, 9.17) is 31.6 Å². The van der Waals surface area contributed by atoms with Crippen LogP contribution in [0.2, 0.25) is 0 Å². The first-order valence-corrected chi connectivity index (χ1v) is 4.05. The molecule has 12 heteroatoms. The van der Waals surface area contributed by atoms with Crippen LogP contribution in [-0.2, 0) is 14.9 Å². The molecule has 12 heavy (non-hydrogen) atoms. The zero-order chi connectivity index (χ0) is 8.08. The van der Waals surface area contributed by atoms with E-state index in [0.29, 0.717) is 0 Å². The van der Waals surface area contributed by atoms with Gasteiger partial charge in [0.25, 0.3) is 0 Å².